The van der Waals surface area contributed by atoms with E-state index >= 15 is 0 Å². The number of methoxy groups -OCH3 is 1. The maximum atomic E-state index is 10.00. The Morgan fingerprint density at radius 3 is 2.87 bits per heavy atom. The average Bonchev–Trinajstić information content (AvgIpc) is 2.61. The molecule has 0 aromatic rings. The zero-order chi connectivity index (χ0) is 10.8. The summed E-state index contributed by atoms with van der Waals surface area (Å²) in [5.41, 5.74) is 0. The maximum absolute atomic E-state index is 10.00. The van der Waals surface area contributed by atoms with Gasteiger partial charge in [0, 0.05) is 13.0 Å². The number of aliphatic hydroxyl groups excluding tert-OH is 1. The van der Waals surface area contributed by atoms with Crippen LogP contribution in [0, 0.1) is 17.8 Å². The second-order valence-electron chi connectivity index (χ2n) is 4.71. The van der Waals surface area contributed by atoms with Gasteiger partial charge in [0.2, 0.25) is 0 Å². The summed E-state index contributed by atoms with van der Waals surface area (Å²) in [5, 5.41) is 10.00. The van der Waals surface area contributed by atoms with Gasteiger partial charge in [-0.3, -0.25) is 0 Å². The highest BCUT2D eigenvalue weighted by Gasteiger charge is 2.46. The minimum Gasteiger partial charge on any atom is -0.393 e. The van der Waals surface area contributed by atoms with Crippen molar-refractivity contribution in [3.8, 4) is 0 Å². The highest BCUT2D eigenvalue weighted by atomic mass is 16.7. The number of aliphatic hydroxyl groups is 1. The minimum absolute atomic E-state index is 0.176. The lowest BCUT2D eigenvalue weighted by Gasteiger charge is -2.31. The van der Waals surface area contributed by atoms with Crippen LogP contribution >= 0.6 is 0 Å². The molecule has 2 aliphatic rings. The topological polar surface area (TPSA) is 38.7 Å². The van der Waals surface area contributed by atoms with E-state index in [0.717, 1.165) is 19.3 Å². The van der Waals surface area contributed by atoms with Crippen LogP contribution in [-0.4, -0.2) is 31.2 Å². The molecule has 0 spiro atoms. The summed E-state index contributed by atoms with van der Waals surface area (Å²) in [4.78, 5) is 0. The molecule has 0 unspecified atom stereocenters. The quantitative estimate of drug-likeness (QED) is 0.568. The van der Waals surface area contributed by atoms with Gasteiger partial charge in [-0.2, -0.15) is 0 Å². The van der Waals surface area contributed by atoms with E-state index in [0.29, 0.717) is 24.5 Å². The first kappa shape index (κ1) is 11.1. The molecule has 0 saturated heterocycles. The smallest absolute Gasteiger partial charge is 0.146 e. The molecule has 0 aliphatic heterocycles. The molecule has 15 heavy (non-hydrogen) atoms. The number of allylic oxidation sites excluding steroid dienone is 1. The van der Waals surface area contributed by atoms with E-state index in [2.05, 4.69) is 6.58 Å². The lowest BCUT2D eigenvalue weighted by Crippen LogP contribution is -2.33. The van der Waals surface area contributed by atoms with E-state index in [1.165, 1.54) is 0 Å². The van der Waals surface area contributed by atoms with Crippen molar-refractivity contribution in [3.05, 3.63) is 12.7 Å². The molecule has 2 aliphatic carbocycles. The fourth-order valence-electron chi connectivity index (χ4n) is 3.11. The van der Waals surface area contributed by atoms with E-state index in [9.17, 15) is 5.11 Å². The molecule has 0 radical (unpaired) electrons. The zero-order valence-electron chi connectivity index (χ0n) is 9.26. The van der Waals surface area contributed by atoms with E-state index < -0.39 is 0 Å². The molecule has 0 amide bonds. The van der Waals surface area contributed by atoms with Gasteiger partial charge in [-0.15, -0.1) is 6.58 Å². The van der Waals surface area contributed by atoms with Gasteiger partial charge in [-0.1, -0.05) is 6.08 Å². The van der Waals surface area contributed by atoms with E-state index in [4.69, 9.17) is 9.47 Å². The first-order chi connectivity index (χ1) is 7.26. The minimum atomic E-state index is -0.228. The molecule has 86 valence electrons. The molecule has 3 nitrogen and oxygen atoms in total. The number of hydrogen-bond donors (Lipinski definition) is 1. The van der Waals surface area contributed by atoms with E-state index in [1.54, 1.807) is 7.11 Å². The Bertz CT molecular complexity index is 229. The fraction of sp³-hybridized carbons (Fsp3) is 0.833. The van der Waals surface area contributed by atoms with Crippen LogP contribution in [0.2, 0.25) is 0 Å². The largest absolute Gasteiger partial charge is 0.393 e. The monoisotopic (exact) mass is 212 g/mol. The molecule has 5 atom stereocenters. The highest BCUT2D eigenvalue weighted by molar-refractivity contribution is 5.01. The van der Waals surface area contributed by atoms with E-state index in [-0.39, 0.29) is 12.2 Å². The van der Waals surface area contributed by atoms with Crippen molar-refractivity contribution in [2.75, 3.05) is 13.9 Å². The predicted molar refractivity (Wildman–Crippen MR) is 57.3 cm³/mol. The summed E-state index contributed by atoms with van der Waals surface area (Å²) in [5.74, 6) is 1.42. The van der Waals surface area contributed by atoms with Crippen molar-refractivity contribution in [2.45, 2.75) is 31.5 Å². The Hall–Kier alpha value is -0.380. The van der Waals surface area contributed by atoms with Crippen LogP contribution in [0.15, 0.2) is 12.7 Å². The van der Waals surface area contributed by atoms with Gasteiger partial charge in [-0.25, -0.2) is 0 Å². The van der Waals surface area contributed by atoms with Crippen molar-refractivity contribution in [3.63, 3.8) is 0 Å². The van der Waals surface area contributed by atoms with Crippen LogP contribution in [0.25, 0.3) is 0 Å². The van der Waals surface area contributed by atoms with Crippen molar-refractivity contribution in [2.24, 2.45) is 17.8 Å². The van der Waals surface area contributed by atoms with E-state index in [1.807, 2.05) is 6.08 Å². The maximum Gasteiger partial charge on any atom is 0.146 e. The van der Waals surface area contributed by atoms with Crippen LogP contribution < -0.4 is 0 Å². The predicted octanol–water partition coefficient (Wildman–Crippen LogP) is 1.57. The van der Waals surface area contributed by atoms with Crippen molar-refractivity contribution in [1.82, 2.24) is 0 Å². The van der Waals surface area contributed by atoms with Crippen LogP contribution in [0.5, 0.6) is 0 Å². The third-order valence-corrected chi connectivity index (χ3v) is 3.90. The Morgan fingerprint density at radius 2 is 2.20 bits per heavy atom. The highest BCUT2D eigenvalue weighted by Crippen LogP contribution is 2.47. The molecule has 1 N–H and O–H groups in total. The standard InChI is InChI=1S/C12H20O3/c1-3-8-5-11(13)10-4-9(8)6-12(10)15-7-14-2/h3,8-13H,1,4-7H2,2H3/t8-,9+,10+,11-,12+/m0/s1. The normalized spacial score (nSPS) is 44.3. The zero-order valence-corrected chi connectivity index (χ0v) is 9.26. The number of rotatable bonds is 4. The molecule has 2 rings (SSSR count). The molecule has 2 bridgehead atoms. The van der Waals surface area contributed by atoms with Gasteiger partial charge in [0.25, 0.3) is 0 Å². The van der Waals surface area contributed by atoms with Crippen molar-refractivity contribution >= 4 is 0 Å². The summed E-state index contributed by atoms with van der Waals surface area (Å²) in [7, 11) is 1.63. The SMILES string of the molecule is C=C[C@H]1C[C@H](O)[C@H]2C[C@@H]1C[C@H]2OCOC. The first-order valence-electron chi connectivity index (χ1n) is 5.67. The molecular formula is C12H20O3. The van der Waals surface area contributed by atoms with Crippen LogP contribution in [0.1, 0.15) is 19.3 Å². The molecule has 2 fully saturated rings. The summed E-state index contributed by atoms with van der Waals surface area (Å²) in [6, 6.07) is 0. The molecule has 3 heteroatoms. The summed E-state index contributed by atoms with van der Waals surface area (Å²) in [6.07, 6.45) is 4.91. The van der Waals surface area contributed by atoms with Crippen molar-refractivity contribution < 1.29 is 14.6 Å². The van der Waals surface area contributed by atoms with Gasteiger partial charge in [0.05, 0.1) is 12.2 Å². The summed E-state index contributed by atoms with van der Waals surface area (Å²) >= 11 is 0. The Kier molecular flexibility index (Phi) is 3.44. The third kappa shape index (κ3) is 2.10. The van der Waals surface area contributed by atoms with Gasteiger partial charge in [0.1, 0.15) is 6.79 Å². The number of ether oxygens (including phenoxy) is 2. The van der Waals surface area contributed by atoms with Crippen molar-refractivity contribution in [1.29, 1.82) is 0 Å². The van der Waals surface area contributed by atoms with Crippen LogP contribution in [-0.2, 0) is 9.47 Å². The summed E-state index contributed by atoms with van der Waals surface area (Å²) in [6.45, 7) is 4.18. The average molecular weight is 212 g/mol. The number of hydrogen-bond acceptors (Lipinski definition) is 3. The molecule has 2 saturated carbocycles. The second kappa shape index (κ2) is 4.64. The van der Waals surface area contributed by atoms with Gasteiger partial charge in [0.15, 0.2) is 0 Å². The van der Waals surface area contributed by atoms with Gasteiger partial charge in [-0.05, 0) is 31.1 Å². The molecule has 0 aromatic heterocycles. The Morgan fingerprint density at radius 1 is 1.40 bits per heavy atom. The second-order valence-corrected chi connectivity index (χ2v) is 4.71. The van der Waals surface area contributed by atoms with Crippen LogP contribution in [0.3, 0.4) is 0 Å². The lowest BCUT2D eigenvalue weighted by atomic mass is 9.78. The fourth-order valence-corrected chi connectivity index (χ4v) is 3.11. The first-order valence-corrected chi connectivity index (χ1v) is 5.67. The molecular weight excluding hydrogens is 192 g/mol. The number of fused-ring (bicyclic) bond motifs is 2. The summed E-state index contributed by atoms with van der Waals surface area (Å²) < 4.78 is 10.5. The third-order valence-electron chi connectivity index (χ3n) is 3.90. The van der Waals surface area contributed by atoms with Gasteiger partial charge >= 0.3 is 0 Å². The molecule has 0 aromatic carbocycles. The Balaban J connectivity index is 1.98. The lowest BCUT2D eigenvalue weighted by molar-refractivity contribution is -0.0995. The van der Waals surface area contributed by atoms with Crippen LogP contribution in [0.4, 0.5) is 0 Å². The Labute approximate surface area is 91.1 Å². The van der Waals surface area contributed by atoms with Gasteiger partial charge < -0.3 is 14.6 Å². The molecule has 0 heterocycles.